The first kappa shape index (κ1) is 20.9. The third kappa shape index (κ3) is 6.09. The van der Waals surface area contributed by atoms with Crippen LogP contribution in [0.3, 0.4) is 0 Å². The Morgan fingerprint density at radius 3 is 2.36 bits per heavy atom. The highest BCUT2D eigenvalue weighted by molar-refractivity contribution is 5.98. The van der Waals surface area contributed by atoms with Crippen molar-refractivity contribution < 1.29 is 23.9 Å². The molecule has 146 valence electrons. The zero-order valence-corrected chi connectivity index (χ0v) is 16.1. The molecule has 0 bridgehead atoms. The van der Waals surface area contributed by atoms with E-state index in [4.69, 9.17) is 9.47 Å². The maximum Gasteiger partial charge on any atom is 0.332 e. The lowest BCUT2D eigenvalue weighted by Gasteiger charge is -2.18. The first-order valence-corrected chi connectivity index (χ1v) is 8.89. The molecule has 0 aliphatic carbocycles. The normalized spacial score (nSPS) is 11.7. The number of rotatable bonds is 7. The van der Waals surface area contributed by atoms with Gasteiger partial charge in [-0.3, -0.25) is 4.79 Å². The predicted octanol–water partition coefficient (Wildman–Crippen LogP) is 3.65. The van der Waals surface area contributed by atoms with Crippen LogP contribution in [0, 0.1) is 13.8 Å². The molecule has 2 aromatic rings. The summed E-state index contributed by atoms with van der Waals surface area (Å²) in [6.07, 6.45) is 0.746. The van der Waals surface area contributed by atoms with Crippen LogP contribution in [0.4, 0.5) is 5.69 Å². The Bertz CT molecular complexity index is 874. The summed E-state index contributed by atoms with van der Waals surface area (Å²) < 4.78 is 10.0. The summed E-state index contributed by atoms with van der Waals surface area (Å²) in [5, 5.41) is 2.81. The van der Waals surface area contributed by atoms with Crippen LogP contribution >= 0.6 is 0 Å². The summed E-state index contributed by atoms with van der Waals surface area (Å²) >= 11 is 0. The minimum atomic E-state index is -1.17. The lowest BCUT2D eigenvalue weighted by atomic mass is 10.1. The Labute approximate surface area is 164 Å². The largest absolute Gasteiger partial charge is 0.463 e. The number of benzene rings is 2. The number of nitrogens with one attached hydrogen (secondary N) is 1. The number of anilines is 1. The molecule has 0 spiro atoms. The molecule has 0 saturated heterocycles. The zero-order valence-electron chi connectivity index (χ0n) is 16.1. The van der Waals surface area contributed by atoms with Gasteiger partial charge in [-0.25, -0.2) is 9.59 Å². The van der Waals surface area contributed by atoms with Crippen LogP contribution in [0.1, 0.15) is 29.7 Å². The van der Waals surface area contributed by atoms with Crippen LogP contribution in [-0.2, 0) is 23.9 Å². The van der Waals surface area contributed by atoms with Crippen molar-refractivity contribution in [1.82, 2.24) is 0 Å². The van der Waals surface area contributed by atoms with E-state index in [2.05, 4.69) is 5.32 Å². The highest BCUT2D eigenvalue weighted by Gasteiger charge is 2.25. The third-order valence-corrected chi connectivity index (χ3v) is 3.87. The summed E-state index contributed by atoms with van der Waals surface area (Å²) in [5.74, 6) is -1.97. The minimum absolute atomic E-state index is 0.198. The molecule has 28 heavy (non-hydrogen) atoms. The lowest BCUT2D eigenvalue weighted by molar-refractivity contribution is -0.150. The van der Waals surface area contributed by atoms with Crippen molar-refractivity contribution in [1.29, 1.82) is 0 Å². The molecular formula is C22H23NO5. The van der Waals surface area contributed by atoms with Gasteiger partial charge in [-0.05, 0) is 38.0 Å². The van der Waals surface area contributed by atoms with E-state index in [1.807, 2.05) is 32.0 Å². The molecule has 2 aromatic carbocycles. The van der Waals surface area contributed by atoms with Crippen LogP contribution in [0.2, 0.25) is 0 Å². The van der Waals surface area contributed by atoms with E-state index in [1.165, 1.54) is 0 Å². The molecule has 0 aliphatic rings. The Hall–Kier alpha value is -3.41. The fraction of sp³-hybridized carbons (Fsp3) is 0.227. The van der Waals surface area contributed by atoms with E-state index in [0.717, 1.165) is 23.3 Å². The van der Waals surface area contributed by atoms with E-state index in [0.29, 0.717) is 11.3 Å². The second-order valence-electron chi connectivity index (χ2n) is 6.12. The van der Waals surface area contributed by atoms with Crippen LogP contribution in [0.15, 0.2) is 60.7 Å². The molecule has 1 atom stereocenters. The standard InChI is InChI=1S/C22H23NO5/c1-4-27-19(24)12-13-20(25)28-21(17-8-6-5-7-9-17)22(26)23-18-14-15(2)10-11-16(18)3/h5-14,21H,4H2,1-3H3,(H,23,26)/b13-12+/t21-/m1/s1. The zero-order chi connectivity index (χ0) is 20.5. The van der Waals surface area contributed by atoms with Crippen molar-refractivity contribution >= 4 is 23.5 Å². The van der Waals surface area contributed by atoms with E-state index in [9.17, 15) is 14.4 Å². The van der Waals surface area contributed by atoms with Crippen LogP contribution in [0.25, 0.3) is 0 Å². The summed E-state index contributed by atoms with van der Waals surface area (Å²) in [7, 11) is 0. The smallest absolute Gasteiger partial charge is 0.332 e. The van der Waals surface area contributed by atoms with E-state index >= 15 is 0 Å². The van der Waals surface area contributed by atoms with Gasteiger partial charge in [-0.1, -0.05) is 42.5 Å². The van der Waals surface area contributed by atoms with E-state index in [-0.39, 0.29) is 6.61 Å². The van der Waals surface area contributed by atoms with Crippen molar-refractivity contribution in [2.24, 2.45) is 0 Å². The van der Waals surface area contributed by atoms with E-state index in [1.54, 1.807) is 37.3 Å². The quantitative estimate of drug-likeness (QED) is 0.585. The van der Waals surface area contributed by atoms with Gasteiger partial charge < -0.3 is 14.8 Å². The van der Waals surface area contributed by atoms with Crippen molar-refractivity contribution in [3.8, 4) is 0 Å². The third-order valence-electron chi connectivity index (χ3n) is 3.87. The topological polar surface area (TPSA) is 81.7 Å². The molecule has 0 unspecified atom stereocenters. The van der Waals surface area contributed by atoms with Gasteiger partial charge in [0, 0.05) is 23.4 Å². The van der Waals surface area contributed by atoms with Crippen molar-refractivity contribution in [3.05, 3.63) is 77.4 Å². The Morgan fingerprint density at radius 1 is 1.00 bits per heavy atom. The second-order valence-corrected chi connectivity index (χ2v) is 6.12. The molecule has 0 aromatic heterocycles. The number of ether oxygens (including phenoxy) is 2. The maximum absolute atomic E-state index is 12.8. The average molecular weight is 381 g/mol. The monoisotopic (exact) mass is 381 g/mol. The number of hydrogen-bond acceptors (Lipinski definition) is 5. The number of hydrogen-bond donors (Lipinski definition) is 1. The van der Waals surface area contributed by atoms with Crippen molar-refractivity contribution in [2.75, 3.05) is 11.9 Å². The van der Waals surface area contributed by atoms with Crippen molar-refractivity contribution in [2.45, 2.75) is 26.9 Å². The molecule has 2 rings (SSSR count). The number of esters is 2. The first-order valence-electron chi connectivity index (χ1n) is 8.89. The highest BCUT2D eigenvalue weighted by atomic mass is 16.5. The SMILES string of the molecule is CCOC(=O)/C=C/C(=O)O[C@@H](C(=O)Nc1cc(C)ccc1C)c1ccccc1. The molecule has 0 aliphatic heterocycles. The number of carbonyl (C=O) groups is 3. The van der Waals surface area contributed by atoms with Gasteiger partial charge in [0.15, 0.2) is 0 Å². The Morgan fingerprint density at radius 2 is 1.68 bits per heavy atom. The van der Waals surface area contributed by atoms with Gasteiger partial charge in [0.05, 0.1) is 6.61 Å². The van der Waals surface area contributed by atoms with Gasteiger partial charge in [0.2, 0.25) is 6.10 Å². The van der Waals surface area contributed by atoms with Gasteiger partial charge >= 0.3 is 11.9 Å². The molecule has 6 heteroatoms. The first-order chi connectivity index (χ1) is 13.4. The average Bonchev–Trinajstić information content (AvgIpc) is 2.68. The molecule has 1 N–H and O–H groups in total. The van der Waals surface area contributed by atoms with Crippen molar-refractivity contribution in [3.63, 3.8) is 0 Å². The Kier molecular flexibility index (Phi) is 7.51. The molecule has 1 amide bonds. The van der Waals surface area contributed by atoms with Crippen LogP contribution in [-0.4, -0.2) is 24.5 Å². The fourth-order valence-electron chi connectivity index (χ4n) is 2.45. The van der Waals surface area contributed by atoms with Gasteiger partial charge in [-0.2, -0.15) is 0 Å². The highest BCUT2D eigenvalue weighted by Crippen LogP contribution is 2.22. The Balaban J connectivity index is 2.20. The number of amides is 1. The number of aryl methyl sites for hydroxylation is 2. The van der Waals surface area contributed by atoms with E-state index < -0.39 is 23.9 Å². The fourth-order valence-corrected chi connectivity index (χ4v) is 2.45. The number of carbonyl (C=O) groups excluding carboxylic acids is 3. The minimum Gasteiger partial charge on any atom is -0.463 e. The predicted molar refractivity (Wildman–Crippen MR) is 106 cm³/mol. The van der Waals surface area contributed by atoms with Crippen LogP contribution < -0.4 is 5.32 Å². The van der Waals surface area contributed by atoms with Gasteiger partial charge in [0.25, 0.3) is 5.91 Å². The second kappa shape index (κ2) is 10.1. The summed E-state index contributed by atoms with van der Waals surface area (Å²) in [6, 6.07) is 14.4. The molecular weight excluding hydrogens is 358 g/mol. The molecule has 0 heterocycles. The molecule has 0 saturated carbocycles. The molecule has 6 nitrogen and oxygen atoms in total. The summed E-state index contributed by atoms with van der Waals surface area (Å²) in [6.45, 7) is 5.65. The molecule has 0 radical (unpaired) electrons. The summed E-state index contributed by atoms with van der Waals surface area (Å²) in [4.78, 5) is 36.3. The lowest BCUT2D eigenvalue weighted by Crippen LogP contribution is -2.25. The maximum atomic E-state index is 12.8. The molecule has 0 fully saturated rings. The van der Waals surface area contributed by atoms with Crippen LogP contribution in [0.5, 0.6) is 0 Å². The summed E-state index contributed by atoms with van der Waals surface area (Å²) in [5.41, 5.74) is 3.04. The van der Waals surface area contributed by atoms with Gasteiger partial charge in [-0.15, -0.1) is 0 Å². The van der Waals surface area contributed by atoms with Gasteiger partial charge in [0.1, 0.15) is 0 Å².